The van der Waals surface area contributed by atoms with Crippen LogP contribution in [-0.2, 0) is 10.3 Å². The minimum absolute atomic E-state index is 0.231. The maximum Gasteiger partial charge on any atom is 0.251 e. The van der Waals surface area contributed by atoms with E-state index in [2.05, 4.69) is 80.7 Å². The van der Waals surface area contributed by atoms with Crippen molar-refractivity contribution in [3.63, 3.8) is 0 Å². The largest absolute Gasteiger partial charge is 0.380 e. The number of likely N-dealkylation sites (tertiary alicyclic amines) is 1. The topological polar surface area (TPSA) is 44.4 Å². The predicted octanol–water partition coefficient (Wildman–Crippen LogP) is 8.44. The molecule has 234 valence electrons. The second kappa shape index (κ2) is 14.5. The van der Waals surface area contributed by atoms with Gasteiger partial charge in [-0.05, 0) is 88.6 Å². The van der Waals surface area contributed by atoms with Crippen LogP contribution in [0.1, 0.15) is 90.3 Å². The van der Waals surface area contributed by atoms with Crippen molar-refractivity contribution >= 4 is 11.5 Å². The number of carbonyl (C=O) groups is 1. The van der Waals surface area contributed by atoms with Crippen LogP contribution in [0.15, 0.2) is 73.0 Å². The number of amides is 1. The van der Waals surface area contributed by atoms with Gasteiger partial charge in [-0.25, -0.2) is 8.78 Å². The number of aryl methyl sites for hydroxylation is 1. The molecule has 2 N–H and O–H groups in total. The number of rotatable bonds is 10. The number of nitrogens with one attached hydrogen (secondary N) is 2. The summed E-state index contributed by atoms with van der Waals surface area (Å²) in [5.41, 5.74) is 3.39. The summed E-state index contributed by atoms with van der Waals surface area (Å²) < 4.78 is 27.7. The molecule has 6 heteroatoms. The summed E-state index contributed by atoms with van der Waals surface area (Å²) in [6.07, 6.45) is 6.98. The van der Waals surface area contributed by atoms with Gasteiger partial charge in [-0.1, -0.05) is 63.8 Å². The van der Waals surface area contributed by atoms with Crippen LogP contribution < -0.4 is 10.6 Å². The number of benzene rings is 2. The molecule has 0 bridgehead atoms. The standard InChI is InChI=1S/C35H45F2N3O.C2H6/c1-23-11-14-30(15-12-23)40-21-35(22-40,20-27(5)38-34(6,7)28-10-8-9-24(2)17-28)39-33(41)26(4)18-25(3)31-16-13-29(36)19-32(31)37;1-2/h8-10,13,16-19,23,30,38H,4-5,11-12,14-15,20-22H2,1-3,6-7H3,(H,39,41);1-2H3/b25-18+;. The number of allylic oxidation sites excluding steroid dienone is 1. The number of nitrogens with zero attached hydrogens (tertiary/aromatic N) is 1. The van der Waals surface area contributed by atoms with Gasteiger partial charge >= 0.3 is 0 Å². The van der Waals surface area contributed by atoms with Crippen LogP contribution in [-0.4, -0.2) is 35.5 Å². The molecular formula is C37H51F2N3O. The van der Waals surface area contributed by atoms with Crippen molar-refractivity contribution in [1.82, 2.24) is 15.5 Å². The zero-order chi connectivity index (χ0) is 31.9. The highest BCUT2D eigenvalue weighted by Gasteiger charge is 2.47. The fraction of sp³-hybridized carbons (Fsp3) is 0.486. The Morgan fingerprint density at radius 3 is 2.33 bits per heavy atom. The van der Waals surface area contributed by atoms with Gasteiger partial charge in [-0.2, -0.15) is 0 Å². The molecule has 0 radical (unpaired) electrons. The molecule has 2 aliphatic rings. The van der Waals surface area contributed by atoms with Crippen molar-refractivity contribution in [2.45, 2.75) is 97.7 Å². The van der Waals surface area contributed by atoms with Gasteiger partial charge in [0, 0.05) is 48.5 Å². The summed E-state index contributed by atoms with van der Waals surface area (Å²) in [6.45, 7) is 24.2. The van der Waals surface area contributed by atoms with Crippen molar-refractivity contribution in [3.05, 3.63) is 101 Å². The number of hydrogen-bond donors (Lipinski definition) is 2. The van der Waals surface area contributed by atoms with Crippen molar-refractivity contribution in [2.24, 2.45) is 5.92 Å². The van der Waals surface area contributed by atoms with Crippen LogP contribution in [0, 0.1) is 24.5 Å². The summed E-state index contributed by atoms with van der Waals surface area (Å²) in [7, 11) is 0. The van der Waals surface area contributed by atoms with E-state index < -0.39 is 17.2 Å². The normalized spacial score (nSPS) is 20.3. The van der Waals surface area contributed by atoms with E-state index in [9.17, 15) is 13.6 Å². The zero-order valence-electron chi connectivity index (χ0n) is 27.2. The average Bonchev–Trinajstić information content (AvgIpc) is 2.92. The minimum atomic E-state index is -0.668. The maximum absolute atomic E-state index is 14.3. The van der Waals surface area contributed by atoms with E-state index in [1.165, 1.54) is 48.9 Å². The Kier molecular flexibility index (Phi) is 11.5. The van der Waals surface area contributed by atoms with Crippen molar-refractivity contribution < 1.29 is 13.6 Å². The second-order valence-corrected chi connectivity index (χ2v) is 12.9. The van der Waals surface area contributed by atoms with Gasteiger partial charge in [-0.3, -0.25) is 9.69 Å². The average molecular weight is 592 g/mol. The fourth-order valence-corrected chi connectivity index (χ4v) is 6.37. The minimum Gasteiger partial charge on any atom is -0.380 e. The smallest absolute Gasteiger partial charge is 0.251 e. The number of carbonyl (C=O) groups excluding carboxylic acids is 1. The first-order valence-corrected chi connectivity index (χ1v) is 15.7. The molecule has 2 fully saturated rings. The lowest BCUT2D eigenvalue weighted by molar-refractivity contribution is -0.122. The Bertz CT molecular complexity index is 1330. The first kappa shape index (κ1) is 34.2. The summed E-state index contributed by atoms with van der Waals surface area (Å²) in [4.78, 5) is 15.9. The third-order valence-corrected chi connectivity index (χ3v) is 8.71. The Hall–Kier alpha value is -3.25. The van der Waals surface area contributed by atoms with E-state index in [4.69, 9.17) is 0 Å². The molecule has 2 aromatic rings. The van der Waals surface area contributed by atoms with Gasteiger partial charge in [0.1, 0.15) is 11.6 Å². The molecule has 1 saturated carbocycles. The molecule has 4 nitrogen and oxygen atoms in total. The Labute approximate surface area is 258 Å². The van der Waals surface area contributed by atoms with E-state index >= 15 is 0 Å². The predicted molar refractivity (Wildman–Crippen MR) is 175 cm³/mol. The molecule has 1 aliphatic heterocycles. The number of halogens is 2. The SMILES string of the molecule is C=C(CC1(NC(=O)C(=C)/C=C(\C)c2ccc(F)cc2F)CN(C2CCC(C)CC2)C1)NC(C)(C)c1cccc(C)c1.CC. The molecule has 4 rings (SSSR count). The second-order valence-electron chi connectivity index (χ2n) is 12.9. The summed E-state index contributed by atoms with van der Waals surface area (Å²) >= 11 is 0. The molecule has 0 atom stereocenters. The lowest BCUT2D eigenvalue weighted by Crippen LogP contribution is -2.72. The molecular weight excluding hydrogens is 540 g/mol. The van der Waals surface area contributed by atoms with Gasteiger partial charge in [0.25, 0.3) is 5.91 Å². The molecule has 1 saturated heterocycles. The summed E-state index contributed by atoms with van der Waals surface area (Å²) in [6, 6.07) is 12.4. The summed E-state index contributed by atoms with van der Waals surface area (Å²) in [5, 5.41) is 6.89. The molecule has 0 aromatic heterocycles. The monoisotopic (exact) mass is 591 g/mol. The van der Waals surface area contributed by atoms with E-state index in [1.54, 1.807) is 13.0 Å². The lowest BCUT2D eigenvalue weighted by atomic mass is 9.79. The van der Waals surface area contributed by atoms with Gasteiger partial charge in [0.05, 0.1) is 11.1 Å². The van der Waals surface area contributed by atoms with Gasteiger partial charge in [-0.15, -0.1) is 0 Å². The molecule has 1 amide bonds. The van der Waals surface area contributed by atoms with Crippen LogP contribution in [0.3, 0.4) is 0 Å². The Balaban J connectivity index is 0.00000248. The maximum atomic E-state index is 14.3. The van der Waals surface area contributed by atoms with E-state index in [-0.39, 0.29) is 22.6 Å². The quantitative estimate of drug-likeness (QED) is 0.215. The fourth-order valence-electron chi connectivity index (χ4n) is 6.37. The first-order chi connectivity index (χ1) is 20.3. The Morgan fingerprint density at radius 2 is 1.72 bits per heavy atom. The third-order valence-electron chi connectivity index (χ3n) is 8.71. The van der Waals surface area contributed by atoms with Gasteiger partial charge in [0.2, 0.25) is 0 Å². The van der Waals surface area contributed by atoms with Crippen LogP contribution in [0.4, 0.5) is 8.78 Å². The molecule has 0 spiro atoms. The lowest BCUT2D eigenvalue weighted by Gasteiger charge is -2.55. The molecule has 0 unspecified atom stereocenters. The van der Waals surface area contributed by atoms with E-state index in [0.29, 0.717) is 18.0 Å². The van der Waals surface area contributed by atoms with Crippen LogP contribution in [0.25, 0.3) is 5.57 Å². The first-order valence-electron chi connectivity index (χ1n) is 15.7. The zero-order valence-corrected chi connectivity index (χ0v) is 27.2. The number of hydrogen-bond acceptors (Lipinski definition) is 3. The highest BCUT2D eigenvalue weighted by atomic mass is 19.1. The van der Waals surface area contributed by atoms with Crippen LogP contribution >= 0.6 is 0 Å². The van der Waals surface area contributed by atoms with Crippen LogP contribution in [0.2, 0.25) is 0 Å². The van der Waals surface area contributed by atoms with E-state index in [0.717, 1.165) is 30.8 Å². The molecule has 2 aromatic carbocycles. The molecule has 1 aliphatic carbocycles. The Morgan fingerprint density at radius 1 is 1.07 bits per heavy atom. The summed E-state index contributed by atoms with van der Waals surface area (Å²) in [5.74, 6) is -0.832. The van der Waals surface area contributed by atoms with E-state index in [1.807, 2.05) is 13.8 Å². The van der Waals surface area contributed by atoms with Gasteiger partial charge in [0.15, 0.2) is 0 Å². The molecule has 1 heterocycles. The highest BCUT2D eigenvalue weighted by molar-refractivity contribution is 5.98. The van der Waals surface area contributed by atoms with Crippen molar-refractivity contribution in [1.29, 1.82) is 0 Å². The molecule has 43 heavy (non-hydrogen) atoms. The van der Waals surface area contributed by atoms with Crippen LogP contribution in [0.5, 0.6) is 0 Å². The third kappa shape index (κ3) is 8.88. The highest BCUT2D eigenvalue weighted by Crippen LogP contribution is 2.36. The van der Waals surface area contributed by atoms with Crippen molar-refractivity contribution in [2.75, 3.05) is 13.1 Å². The van der Waals surface area contributed by atoms with Gasteiger partial charge < -0.3 is 10.6 Å². The van der Waals surface area contributed by atoms with Crippen molar-refractivity contribution in [3.8, 4) is 0 Å².